The highest BCUT2D eigenvalue weighted by molar-refractivity contribution is 7.19. The number of aromatic nitrogens is 3. The number of aryl methyl sites for hydroxylation is 2. The number of nitrogen functional groups attached to an aromatic ring is 1. The number of hydrogen-bond donors (Lipinski definition) is 1. The van der Waals surface area contributed by atoms with Gasteiger partial charge in [0.15, 0.2) is 5.13 Å². The van der Waals surface area contributed by atoms with Gasteiger partial charge in [-0.2, -0.15) is 0 Å². The Hall–Kier alpha value is -2.79. The lowest BCUT2D eigenvalue weighted by atomic mass is 10.0. The normalized spacial score (nSPS) is 11.1. The topological polar surface area (TPSA) is 64.7 Å². The van der Waals surface area contributed by atoms with Crippen LogP contribution in [0.1, 0.15) is 11.1 Å². The summed E-state index contributed by atoms with van der Waals surface area (Å²) in [5.41, 5.74) is 13.1. The van der Waals surface area contributed by atoms with Gasteiger partial charge < -0.3 is 5.73 Å². The maximum absolute atomic E-state index is 6.00. The minimum Gasteiger partial charge on any atom is -0.375 e. The van der Waals surface area contributed by atoms with E-state index >= 15 is 0 Å². The van der Waals surface area contributed by atoms with Crippen LogP contribution in [0.3, 0.4) is 0 Å². The van der Waals surface area contributed by atoms with Crippen molar-refractivity contribution in [3.8, 4) is 21.8 Å². The zero-order valence-corrected chi connectivity index (χ0v) is 14.3. The van der Waals surface area contributed by atoms with Crippen LogP contribution in [-0.4, -0.2) is 15.0 Å². The Kier molecular flexibility index (Phi) is 3.50. The van der Waals surface area contributed by atoms with Gasteiger partial charge in [0.2, 0.25) is 0 Å². The molecule has 4 rings (SSSR count). The Bertz CT molecular complexity index is 1050. The number of fused-ring (bicyclic) bond motifs is 1. The molecule has 0 aliphatic rings. The largest absolute Gasteiger partial charge is 0.375 e. The van der Waals surface area contributed by atoms with Crippen molar-refractivity contribution in [3.05, 3.63) is 59.8 Å². The van der Waals surface area contributed by atoms with Crippen LogP contribution >= 0.6 is 11.3 Å². The Balaban J connectivity index is 1.90. The van der Waals surface area contributed by atoms with E-state index in [0.717, 1.165) is 32.9 Å². The third-order valence-corrected chi connectivity index (χ3v) is 5.02. The first kappa shape index (κ1) is 14.8. The molecule has 0 aliphatic heterocycles. The summed E-state index contributed by atoms with van der Waals surface area (Å²) in [6.07, 6.45) is 1.77. The van der Waals surface area contributed by atoms with Crippen molar-refractivity contribution in [2.24, 2.45) is 0 Å². The highest BCUT2D eigenvalue weighted by Crippen LogP contribution is 2.38. The molecule has 24 heavy (non-hydrogen) atoms. The third kappa shape index (κ3) is 2.53. The smallest absolute Gasteiger partial charge is 0.181 e. The lowest BCUT2D eigenvalue weighted by Gasteiger charge is -2.06. The minimum atomic E-state index is 0.548. The SMILES string of the molecule is Cc1ccc(-c2nc(N)sc2-c2ccc3ncccc3n2)cc1C. The van der Waals surface area contributed by atoms with Crippen molar-refractivity contribution in [1.29, 1.82) is 0 Å². The lowest BCUT2D eigenvalue weighted by molar-refractivity contribution is 1.31. The molecule has 0 spiro atoms. The molecule has 0 fully saturated rings. The Morgan fingerprint density at radius 2 is 1.79 bits per heavy atom. The first-order chi connectivity index (χ1) is 11.6. The molecule has 0 aliphatic carbocycles. The first-order valence-corrected chi connectivity index (χ1v) is 8.49. The van der Waals surface area contributed by atoms with Gasteiger partial charge in [-0.3, -0.25) is 4.98 Å². The molecule has 2 N–H and O–H groups in total. The molecular formula is C19H16N4S. The highest BCUT2D eigenvalue weighted by Gasteiger charge is 2.16. The fourth-order valence-corrected chi connectivity index (χ4v) is 3.50. The Morgan fingerprint density at radius 3 is 2.62 bits per heavy atom. The summed E-state index contributed by atoms with van der Waals surface area (Å²) in [6.45, 7) is 4.21. The summed E-state index contributed by atoms with van der Waals surface area (Å²) in [4.78, 5) is 14.6. The summed E-state index contributed by atoms with van der Waals surface area (Å²) in [5, 5.41) is 0.548. The number of nitrogens with two attached hydrogens (primary N) is 1. The molecule has 3 heterocycles. The van der Waals surface area contributed by atoms with E-state index in [-0.39, 0.29) is 0 Å². The average Bonchev–Trinajstić information content (AvgIpc) is 2.99. The molecule has 0 radical (unpaired) electrons. The molecule has 5 heteroatoms. The van der Waals surface area contributed by atoms with Crippen LogP contribution in [0.25, 0.3) is 32.9 Å². The summed E-state index contributed by atoms with van der Waals surface area (Å²) in [7, 11) is 0. The van der Waals surface area contributed by atoms with Crippen molar-refractivity contribution in [2.75, 3.05) is 5.73 Å². The fourth-order valence-electron chi connectivity index (χ4n) is 2.68. The molecule has 3 aromatic heterocycles. The van der Waals surface area contributed by atoms with Crippen molar-refractivity contribution >= 4 is 27.5 Å². The summed E-state index contributed by atoms with van der Waals surface area (Å²) in [6, 6.07) is 14.2. The zero-order valence-electron chi connectivity index (χ0n) is 13.4. The van der Waals surface area contributed by atoms with Gasteiger partial charge in [-0.25, -0.2) is 9.97 Å². The van der Waals surface area contributed by atoms with E-state index in [4.69, 9.17) is 10.7 Å². The molecule has 0 saturated heterocycles. The third-order valence-electron chi connectivity index (χ3n) is 4.11. The van der Waals surface area contributed by atoms with E-state index in [1.165, 1.54) is 22.5 Å². The van der Waals surface area contributed by atoms with Crippen LogP contribution in [-0.2, 0) is 0 Å². The second kappa shape index (κ2) is 5.69. The number of anilines is 1. The number of nitrogens with zero attached hydrogens (tertiary/aromatic N) is 3. The predicted octanol–water partition coefficient (Wildman–Crippen LogP) is 4.62. The fraction of sp³-hybridized carbons (Fsp3) is 0.105. The molecule has 1 aromatic carbocycles. The van der Waals surface area contributed by atoms with Crippen molar-refractivity contribution < 1.29 is 0 Å². The van der Waals surface area contributed by atoms with E-state index < -0.39 is 0 Å². The molecule has 0 bridgehead atoms. The van der Waals surface area contributed by atoms with Gasteiger partial charge in [-0.15, -0.1) is 0 Å². The number of rotatable bonds is 2. The molecular weight excluding hydrogens is 316 g/mol. The Labute approximate surface area is 144 Å². The number of hydrogen-bond acceptors (Lipinski definition) is 5. The van der Waals surface area contributed by atoms with Gasteiger partial charge in [0, 0.05) is 11.8 Å². The van der Waals surface area contributed by atoms with Crippen LogP contribution in [0.4, 0.5) is 5.13 Å². The van der Waals surface area contributed by atoms with Crippen LogP contribution in [0.5, 0.6) is 0 Å². The van der Waals surface area contributed by atoms with Crippen LogP contribution in [0.2, 0.25) is 0 Å². The van der Waals surface area contributed by atoms with E-state index in [0.29, 0.717) is 5.13 Å². The second-order valence-electron chi connectivity index (χ2n) is 5.77. The zero-order chi connectivity index (χ0) is 16.7. The molecule has 4 nitrogen and oxygen atoms in total. The van der Waals surface area contributed by atoms with E-state index in [2.05, 4.69) is 42.0 Å². The summed E-state index contributed by atoms with van der Waals surface area (Å²) < 4.78 is 0. The van der Waals surface area contributed by atoms with Gasteiger partial charge in [0.05, 0.1) is 27.3 Å². The van der Waals surface area contributed by atoms with Crippen molar-refractivity contribution in [1.82, 2.24) is 15.0 Å². The van der Waals surface area contributed by atoms with Gasteiger partial charge in [-0.05, 0) is 55.3 Å². The molecule has 0 amide bonds. The Morgan fingerprint density at radius 1 is 0.917 bits per heavy atom. The minimum absolute atomic E-state index is 0.548. The quantitative estimate of drug-likeness (QED) is 0.582. The number of thiazole rings is 1. The summed E-state index contributed by atoms with van der Waals surface area (Å²) >= 11 is 1.46. The second-order valence-corrected chi connectivity index (χ2v) is 6.80. The van der Waals surface area contributed by atoms with E-state index in [1.807, 2.05) is 24.3 Å². The first-order valence-electron chi connectivity index (χ1n) is 7.68. The lowest BCUT2D eigenvalue weighted by Crippen LogP contribution is -1.89. The molecule has 118 valence electrons. The van der Waals surface area contributed by atoms with Gasteiger partial charge in [0.1, 0.15) is 0 Å². The average molecular weight is 332 g/mol. The van der Waals surface area contributed by atoms with E-state index in [1.54, 1.807) is 6.20 Å². The molecule has 4 aromatic rings. The van der Waals surface area contributed by atoms with Gasteiger partial charge in [0.25, 0.3) is 0 Å². The maximum atomic E-state index is 6.00. The standard InChI is InChI=1S/C19H16N4S/c1-11-5-6-13(10-12(11)2)17-18(24-19(20)23-17)16-8-7-14-15(22-16)4-3-9-21-14/h3-10H,1-2H3,(H2,20,23). The van der Waals surface area contributed by atoms with Gasteiger partial charge in [-0.1, -0.05) is 23.5 Å². The monoisotopic (exact) mass is 332 g/mol. The number of benzene rings is 1. The van der Waals surface area contributed by atoms with Crippen molar-refractivity contribution in [2.45, 2.75) is 13.8 Å². The molecule has 0 unspecified atom stereocenters. The maximum Gasteiger partial charge on any atom is 0.181 e. The van der Waals surface area contributed by atoms with Crippen LogP contribution < -0.4 is 5.73 Å². The predicted molar refractivity (Wildman–Crippen MR) is 100.0 cm³/mol. The van der Waals surface area contributed by atoms with Crippen molar-refractivity contribution in [3.63, 3.8) is 0 Å². The van der Waals surface area contributed by atoms with Crippen LogP contribution in [0, 0.1) is 13.8 Å². The highest BCUT2D eigenvalue weighted by atomic mass is 32.1. The molecule has 0 saturated carbocycles. The number of pyridine rings is 2. The van der Waals surface area contributed by atoms with E-state index in [9.17, 15) is 0 Å². The van der Waals surface area contributed by atoms with Crippen LogP contribution in [0.15, 0.2) is 48.7 Å². The molecule has 0 atom stereocenters. The van der Waals surface area contributed by atoms with Gasteiger partial charge >= 0.3 is 0 Å². The summed E-state index contributed by atoms with van der Waals surface area (Å²) in [5.74, 6) is 0.